The first-order chi connectivity index (χ1) is 14.3. The second-order valence-corrected chi connectivity index (χ2v) is 8.21. The summed E-state index contributed by atoms with van der Waals surface area (Å²) in [5.74, 6) is -1.38. The average Bonchev–Trinajstić information content (AvgIpc) is 3.23. The van der Waals surface area contributed by atoms with Crippen molar-refractivity contribution >= 4 is 0 Å². The predicted molar refractivity (Wildman–Crippen MR) is 109 cm³/mol. The maximum Gasteiger partial charge on any atom is 0.163 e. The number of nitrogens with two attached hydrogens (primary N) is 2. The fourth-order valence-electron chi connectivity index (χ4n) is 3.44. The molecule has 30 heavy (non-hydrogen) atoms. The van der Waals surface area contributed by atoms with Gasteiger partial charge in [-0.15, -0.1) is 0 Å². The van der Waals surface area contributed by atoms with Crippen LogP contribution in [0.25, 0.3) is 0 Å². The first-order valence-electron chi connectivity index (χ1n) is 10.7. The van der Waals surface area contributed by atoms with E-state index in [9.17, 15) is 0 Å². The number of rotatable bonds is 15. The second kappa shape index (κ2) is 12.6. The van der Waals surface area contributed by atoms with Crippen LogP contribution in [0.1, 0.15) is 27.7 Å². The van der Waals surface area contributed by atoms with Crippen molar-refractivity contribution < 1.29 is 37.9 Å². The summed E-state index contributed by atoms with van der Waals surface area (Å²) in [6.45, 7) is 11.8. The summed E-state index contributed by atoms with van der Waals surface area (Å²) in [6, 6.07) is 0. The molecule has 2 heterocycles. The molecule has 0 aromatic carbocycles. The van der Waals surface area contributed by atoms with E-state index in [4.69, 9.17) is 49.4 Å². The van der Waals surface area contributed by atoms with Crippen LogP contribution in [0.2, 0.25) is 0 Å². The number of hydrogen-bond donors (Lipinski definition) is 2. The molecule has 178 valence electrons. The molecule has 10 heteroatoms. The Morgan fingerprint density at radius 1 is 0.700 bits per heavy atom. The van der Waals surface area contributed by atoms with Crippen molar-refractivity contribution in [2.24, 2.45) is 11.5 Å². The van der Waals surface area contributed by atoms with Gasteiger partial charge in [0.25, 0.3) is 0 Å². The van der Waals surface area contributed by atoms with Crippen molar-refractivity contribution in [2.45, 2.75) is 63.7 Å². The van der Waals surface area contributed by atoms with Gasteiger partial charge in [0.2, 0.25) is 0 Å². The topological polar surface area (TPSA) is 126 Å². The Labute approximate surface area is 179 Å². The molecule has 0 aliphatic carbocycles. The molecule has 0 spiro atoms. The third-order valence-corrected chi connectivity index (χ3v) is 4.72. The second-order valence-electron chi connectivity index (χ2n) is 8.21. The van der Waals surface area contributed by atoms with Crippen molar-refractivity contribution in [2.75, 3.05) is 65.9 Å². The van der Waals surface area contributed by atoms with Gasteiger partial charge in [0.05, 0.1) is 52.9 Å². The quantitative estimate of drug-likeness (QED) is 0.339. The van der Waals surface area contributed by atoms with Gasteiger partial charge in [0.15, 0.2) is 11.6 Å². The molecule has 4 atom stereocenters. The van der Waals surface area contributed by atoms with Gasteiger partial charge in [-0.3, -0.25) is 0 Å². The SMILES string of the molecule is CC1(C)OC[C@H]([C@@H](OCCOCCN)[C@H](OCCOCCN)[C@H]2COC(C)(C)O2)O1. The monoisotopic (exact) mass is 436 g/mol. The predicted octanol–water partition coefficient (Wildman–Crippen LogP) is 0.0104. The van der Waals surface area contributed by atoms with Crippen LogP contribution in [0, 0.1) is 0 Å². The van der Waals surface area contributed by atoms with Crippen molar-refractivity contribution in [3.63, 3.8) is 0 Å². The lowest BCUT2D eigenvalue weighted by Crippen LogP contribution is -2.51. The van der Waals surface area contributed by atoms with Gasteiger partial charge in [-0.25, -0.2) is 0 Å². The molecule has 2 rings (SSSR count). The molecule has 2 fully saturated rings. The molecule has 0 saturated carbocycles. The van der Waals surface area contributed by atoms with Crippen LogP contribution in [0.3, 0.4) is 0 Å². The summed E-state index contributed by atoms with van der Waals surface area (Å²) in [5.41, 5.74) is 10.9. The molecular weight excluding hydrogens is 396 g/mol. The maximum absolute atomic E-state index is 6.19. The van der Waals surface area contributed by atoms with Gasteiger partial charge < -0.3 is 49.4 Å². The lowest BCUT2D eigenvalue weighted by atomic mass is 10.0. The molecule has 2 aliphatic rings. The third kappa shape index (κ3) is 8.62. The van der Waals surface area contributed by atoms with Crippen molar-refractivity contribution in [1.29, 1.82) is 0 Å². The molecule has 4 N–H and O–H groups in total. The van der Waals surface area contributed by atoms with Crippen LogP contribution in [-0.4, -0.2) is 102 Å². The molecular formula is C20H40N2O8. The maximum atomic E-state index is 6.19. The highest BCUT2D eigenvalue weighted by molar-refractivity contribution is 4.91. The van der Waals surface area contributed by atoms with Crippen molar-refractivity contribution in [3.8, 4) is 0 Å². The van der Waals surface area contributed by atoms with Gasteiger partial charge in [-0.05, 0) is 27.7 Å². The van der Waals surface area contributed by atoms with Crippen LogP contribution >= 0.6 is 0 Å². The van der Waals surface area contributed by atoms with E-state index in [1.807, 2.05) is 27.7 Å². The highest BCUT2D eigenvalue weighted by Gasteiger charge is 2.47. The molecule has 10 nitrogen and oxygen atoms in total. The Balaban J connectivity index is 2.06. The lowest BCUT2D eigenvalue weighted by molar-refractivity contribution is -0.207. The van der Waals surface area contributed by atoms with E-state index >= 15 is 0 Å². The zero-order valence-corrected chi connectivity index (χ0v) is 18.8. The first kappa shape index (κ1) is 25.9. The molecule has 0 aromatic rings. The molecule has 2 aliphatic heterocycles. The van der Waals surface area contributed by atoms with E-state index in [2.05, 4.69) is 0 Å². The lowest BCUT2D eigenvalue weighted by Gasteiger charge is -2.34. The molecule has 0 aromatic heterocycles. The minimum absolute atomic E-state index is 0.322. The van der Waals surface area contributed by atoms with Gasteiger partial charge in [-0.1, -0.05) is 0 Å². The summed E-state index contributed by atoms with van der Waals surface area (Å²) in [6.07, 6.45) is -1.52. The highest BCUT2D eigenvalue weighted by atomic mass is 16.8. The Bertz CT molecular complexity index is 438. The molecule has 0 radical (unpaired) electrons. The highest BCUT2D eigenvalue weighted by Crippen LogP contribution is 2.32. The van der Waals surface area contributed by atoms with E-state index in [0.29, 0.717) is 65.9 Å². The Morgan fingerprint density at radius 3 is 1.40 bits per heavy atom. The molecule has 0 amide bonds. The normalized spacial score (nSPS) is 27.4. The van der Waals surface area contributed by atoms with Crippen LogP contribution < -0.4 is 11.5 Å². The van der Waals surface area contributed by atoms with E-state index in [0.717, 1.165) is 0 Å². The summed E-state index contributed by atoms with van der Waals surface area (Å²) < 4.78 is 47.0. The Kier molecular flexibility index (Phi) is 10.9. The van der Waals surface area contributed by atoms with Crippen LogP contribution in [0.5, 0.6) is 0 Å². The van der Waals surface area contributed by atoms with Gasteiger partial charge in [-0.2, -0.15) is 0 Å². The molecule has 2 saturated heterocycles. The van der Waals surface area contributed by atoms with Gasteiger partial charge in [0.1, 0.15) is 24.4 Å². The van der Waals surface area contributed by atoms with E-state index < -0.39 is 23.8 Å². The van der Waals surface area contributed by atoms with E-state index in [-0.39, 0.29) is 12.2 Å². The van der Waals surface area contributed by atoms with Crippen LogP contribution in [-0.2, 0) is 37.9 Å². The van der Waals surface area contributed by atoms with Crippen LogP contribution in [0.15, 0.2) is 0 Å². The van der Waals surface area contributed by atoms with Crippen LogP contribution in [0.4, 0.5) is 0 Å². The summed E-state index contributed by atoms with van der Waals surface area (Å²) in [7, 11) is 0. The van der Waals surface area contributed by atoms with E-state index in [1.54, 1.807) is 0 Å². The Hall–Kier alpha value is -0.400. The smallest absolute Gasteiger partial charge is 0.163 e. The van der Waals surface area contributed by atoms with Gasteiger partial charge in [0, 0.05) is 13.1 Å². The minimum atomic E-state index is -0.691. The molecule has 0 bridgehead atoms. The van der Waals surface area contributed by atoms with Crippen molar-refractivity contribution in [1.82, 2.24) is 0 Å². The summed E-state index contributed by atoms with van der Waals surface area (Å²) in [5, 5.41) is 0. The molecule has 0 unspecified atom stereocenters. The largest absolute Gasteiger partial charge is 0.378 e. The zero-order chi connectivity index (χ0) is 22.0. The van der Waals surface area contributed by atoms with Gasteiger partial charge >= 0.3 is 0 Å². The number of hydrogen-bond acceptors (Lipinski definition) is 10. The first-order valence-corrected chi connectivity index (χ1v) is 10.7. The third-order valence-electron chi connectivity index (χ3n) is 4.72. The average molecular weight is 437 g/mol. The fourth-order valence-corrected chi connectivity index (χ4v) is 3.44. The van der Waals surface area contributed by atoms with Crippen molar-refractivity contribution in [3.05, 3.63) is 0 Å². The van der Waals surface area contributed by atoms with E-state index in [1.165, 1.54) is 0 Å². The zero-order valence-electron chi connectivity index (χ0n) is 18.8. The minimum Gasteiger partial charge on any atom is -0.378 e. The fraction of sp³-hybridized carbons (Fsp3) is 1.00. The summed E-state index contributed by atoms with van der Waals surface area (Å²) in [4.78, 5) is 0. The number of ether oxygens (including phenoxy) is 8. The standard InChI is InChI=1S/C20H40N2O8/c1-19(2)27-13-15(29-19)17(25-11-9-23-7-5-21)18(26-12-10-24-8-6-22)16-14-28-20(3,4)30-16/h15-18H,5-14,21-22H2,1-4H3/t15-,16-,17-,18-/m1/s1. The summed E-state index contributed by atoms with van der Waals surface area (Å²) >= 11 is 0. The Morgan fingerprint density at radius 2 is 1.10 bits per heavy atom.